The van der Waals surface area contributed by atoms with E-state index in [-0.39, 0.29) is 35.0 Å². The Morgan fingerprint density at radius 1 is 1.13 bits per heavy atom. The summed E-state index contributed by atoms with van der Waals surface area (Å²) in [6, 6.07) is 5.94. The lowest BCUT2D eigenvalue weighted by Crippen LogP contribution is -2.62. The number of hydrogen-bond acceptors (Lipinski definition) is 12. The molecule has 1 aliphatic rings. The number of primary sulfonamides is 1. The number of rotatable bonds is 11. The standard InChI is InChI=1S/C29H30ClF2N3O11S/c1-16-14-46-29(39,18-8-19(31)10-20(32)9-18)17(2)35(16)28(38)45-15-44-26(36)5-7-43-27(37)22-11-25(47(33,40)41)23(30)12-24(22)34-13-21-4-3-6-42-21/h3-4,6,8-12,16-17,34,39H,5,7,13-15H2,1-2H3,(H2,33,40,41)/t16-,17-,29+/m0/s1. The van der Waals surface area contributed by atoms with Gasteiger partial charge < -0.3 is 33.8 Å². The summed E-state index contributed by atoms with van der Waals surface area (Å²) in [5.74, 6) is -5.65. The minimum Gasteiger partial charge on any atom is -0.467 e. The van der Waals surface area contributed by atoms with Crippen LogP contribution in [0.2, 0.25) is 5.02 Å². The van der Waals surface area contributed by atoms with Crippen molar-refractivity contribution in [3.63, 3.8) is 0 Å². The van der Waals surface area contributed by atoms with Crippen LogP contribution in [0.15, 0.2) is 58.0 Å². The highest BCUT2D eigenvalue weighted by Crippen LogP contribution is 2.36. The fourth-order valence-electron chi connectivity index (χ4n) is 4.72. The van der Waals surface area contributed by atoms with Crippen molar-refractivity contribution in [2.75, 3.05) is 25.3 Å². The SMILES string of the molecule is C[C@@H]1N(C(=O)OCOC(=O)CCOC(=O)c2cc(S(N)(=O)=O)c(Cl)cc2NCc2ccco2)[C@@H](C)CO[C@@]1(O)c1cc(F)cc(F)c1. The Morgan fingerprint density at radius 3 is 2.47 bits per heavy atom. The third-order valence-electron chi connectivity index (χ3n) is 7.06. The number of nitrogens with one attached hydrogen (secondary N) is 1. The second kappa shape index (κ2) is 14.6. The first kappa shape index (κ1) is 35.6. The fourth-order valence-corrected chi connectivity index (χ4v) is 5.82. The van der Waals surface area contributed by atoms with E-state index in [0.29, 0.717) is 11.8 Å². The zero-order valence-corrected chi connectivity index (χ0v) is 26.5. The van der Waals surface area contributed by atoms with Crippen LogP contribution in [0.5, 0.6) is 0 Å². The molecule has 0 bridgehead atoms. The number of carbonyl (C=O) groups excluding carboxylic acids is 3. The maximum Gasteiger partial charge on any atom is 0.413 e. The van der Waals surface area contributed by atoms with Crippen molar-refractivity contribution in [2.45, 2.75) is 49.6 Å². The molecule has 0 aliphatic carbocycles. The zero-order valence-electron chi connectivity index (χ0n) is 24.9. The summed E-state index contributed by atoms with van der Waals surface area (Å²) in [7, 11) is -4.31. The molecule has 0 radical (unpaired) electrons. The maximum atomic E-state index is 13.8. The number of morpholine rings is 1. The van der Waals surface area contributed by atoms with E-state index in [0.717, 1.165) is 23.1 Å². The number of nitrogens with zero attached hydrogens (tertiary/aromatic N) is 1. The summed E-state index contributed by atoms with van der Waals surface area (Å²) < 4.78 is 77.3. The Balaban J connectivity index is 1.31. The fraction of sp³-hybridized carbons (Fsp3) is 0.345. The topological polar surface area (TPSA) is 197 Å². The number of sulfonamides is 1. The van der Waals surface area contributed by atoms with Crippen LogP contribution in [0.1, 0.15) is 41.9 Å². The summed E-state index contributed by atoms with van der Waals surface area (Å²) >= 11 is 6.07. The Kier molecular flexibility index (Phi) is 11.1. The molecular formula is C29H30ClF2N3O11S. The Hall–Kier alpha value is -4.29. The third-order valence-corrected chi connectivity index (χ3v) is 8.44. The molecule has 3 atom stereocenters. The first-order valence-corrected chi connectivity index (χ1v) is 15.8. The summed E-state index contributed by atoms with van der Waals surface area (Å²) in [5.41, 5.74) is -0.408. The summed E-state index contributed by atoms with van der Waals surface area (Å²) in [6.45, 7) is 1.48. The van der Waals surface area contributed by atoms with Gasteiger partial charge in [0.1, 0.15) is 28.9 Å². The van der Waals surface area contributed by atoms with Gasteiger partial charge in [-0.1, -0.05) is 11.6 Å². The smallest absolute Gasteiger partial charge is 0.413 e. The number of carbonyl (C=O) groups is 3. The van der Waals surface area contributed by atoms with Gasteiger partial charge in [-0.2, -0.15) is 0 Å². The first-order chi connectivity index (χ1) is 22.1. The molecule has 3 aromatic rings. The van der Waals surface area contributed by atoms with Gasteiger partial charge in [0.25, 0.3) is 0 Å². The van der Waals surface area contributed by atoms with E-state index in [1.54, 1.807) is 19.1 Å². The number of benzene rings is 2. The van der Waals surface area contributed by atoms with Crippen molar-refractivity contribution in [2.24, 2.45) is 5.14 Å². The summed E-state index contributed by atoms with van der Waals surface area (Å²) in [4.78, 5) is 38.5. The van der Waals surface area contributed by atoms with Crippen molar-refractivity contribution in [3.05, 3.63) is 82.3 Å². The van der Waals surface area contributed by atoms with Gasteiger partial charge in [0.05, 0.1) is 54.2 Å². The van der Waals surface area contributed by atoms with Crippen LogP contribution in [-0.4, -0.2) is 68.5 Å². The molecule has 1 aromatic heterocycles. The number of furan rings is 1. The predicted octanol–water partition coefficient (Wildman–Crippen LogP) is 3.61. The van der Waals surface area contributed by atoms with Crippen LogP contribution >= 0.6 is 11.6 Å². The van der Waals surface area contributed by atoms with Crippen molar-refractivity contribution < 1.29 is 60.1 Å². The molecule has 18 heteroatoms. The van der Waals surface area contributed by atoms with Crippen LogP contribution in [-0.2, 0) is 46.1 Å². The Bertz CT molecular complexity index is 1720. The summed E-state index contributed by atoms with van der Waals surface area (Å²) in [6.07, 6.45) is -0.0698. The first-order valence-electron chi connectivity index (χ1n) is 13.8. The van der Waals surface area contributed by atoms with Gasteiger partial charge in [-0.3, -0.25) is 9.69 Å². The number of nitrogens with two attached hydrogens (primary N) is 1. The van der Waals surface area contributed by atoms with Crippen molar-refractivity contribution in [3.8, 4) is 0 Å². The van der Waals surface area contributed by atoms with Crippen LogP contribution in [0.25, 0.3) is 0 Å². The van der Waals surface area contributed by atoms with Crippen molar-refractivity contribution >= 4 is 45.3 Å². The van der Waals surface area contributed by atoms with Gasteiger partial charge in [-0.15, -0.1) is 0 Å². The molecule has 0 saturated carbocycles. The number of esters is 2. The average Bonchev–Trinajstić information content (AvgIpc) is 3.51. The lowest BCUT2D eigenvalue weighted by atomic mass is 9.94. The highest BCUT2D eigenvalue weighted by atomic mass is 35.5. The van der Waals surface area contributed by atoms with Gasteiger partial charge in [0.2, 0.25) is 22.6 Å². The highest BCUT2D eigenvalue weighted by molar-refractivity contribution is 7.89. The third kappa shape index (κ3) is 8.55. The van der Waals surface area contributed by atoms with E-state index in [4.69, 9.17) is 40.1 Å². The molecule has 0 unspecified atom stereocenters. The van der Waals surface area contributed by atoms with Crippen molar-refractivity contribution in [1.82, 2.24) is 4.90 Å². The second-order valence-corrected chi connectivity index (χ2v) is 12.3. The molecular weight excluding hydrogens is 672 g/mol. The summed E-state index contributed by atoms with van der Waals surface area (Å²) in [5, 5.41) is 19.0. The molecule has 0 spiro atoms. The molecule has 2 heterocycles. The molecule has 1 saturated heterocycles. The number of hydrogen-bond donors (Lipinski definition) is 3. The van der Waals surface area contributed by atoms with Gasteiger partial charge in [-0.05, 0) is 50.2 Å². The largest absolute Gasteiger partial charge is 0.467 e. The number of amides is 1. The predicted molar refractivity (Wildman–Crippen MR) is 158 cm³/mol. The van der Waals surface area contributed by atoms with E-state index < -0.39 is 82.3 Å². The van der Waals surface area contributed by atoms with Gasteiger partial charge >= 0.3 is 18.0 Å². The number of aliphatic hydroxyl groups is 1. The van der Waals surface area contributed by atoms with E-state index in [1.165, 1.54) is 19.3 Å². The van der Waals surface area contributed by atoms with Gasteiger partial charge in [-0.25, -0.2) is 31.9 Å². The maximum absolute atomic E-state index is 13.8. The van der Waals surface area contributed by atoms with E-state index >= 15 is 0 Å². The van der Waals surface area contributed by atoms with E-state index in [1.807, 2.05) is 0 Å². The highest BCUT2D eigenvalue weighted by Gasteiger charge is 2.49. The number of anilines is 1. The van der Waals surface area contributed by atoms with E-state index in [9.17, 15) is 36.7 Å². The molecule has 47 heavy (non-hydrogen) atoms. The minimum atomic E-state index is -4.31. The van der Waals surface area contributed by atoms with Crippen LogP contribution in [0, 0.1) is 11.6 Å². The molecule has 1 amide bonds. The molecule has 2 aromatic carbocycles. The molecule has 1 aliphatic heterocycles. The molecule has 254 valence electrons. The number of halogens is 3. The lowest BCUT2D eigenvalue weighted by Gasteiger charge is -2.47. The molecule has 1 fully saturated rings. The quantitative estimate of drug-likeness (QED) is 0.194. The molecule has 4 N–H and O–H groups in total. The molecule has 14 nitrogen and oxygen atoms in total. The van der Waals surface area contributed by atoms with Crippen molar-refractivity contribution in [1.29, 1.82) is 0 Å². The van der Waals surface area contributed by atoms with E-state index in [2.05, 4.69) is 5.32 Å². The van der Waals surface area contributed by atoms with Crippen LogP contribution in [0.3, 0.4) is 0 Å². The number of ether oxygens (including phenoxy) is 4. The van der Waals surface area contributed by atoms with Crippen LogP contribution < -0.4 is 10.5 Å². The molecule has 4 rings (SSSR count). The van der Waals surface area contributed by atoms with Gasteiger partial charge in [0, 0.05) is 11.6 Å². The lowest BCUT2D eigenvalue weighted by molar-refractivity contribution is -0.280. The monoisotopic (exact) mass is 701 g/mol. The zero-order chi connectivity index (χ0) is 34.5. The van der Waals surface area contributed by atoms with Gasteiger partial charge in [0.15, 0.2) is 0 Å². The average molecular weight is 702 g/mol. The Labute approximate surface area is 272 Å². The normalized spacial score (nSPS) is 19.6. The minimum absolute atomic E-state index is 0.0966. The van der Waals surface area contributed by atoms with Crippen LogP contribution in [0.4, 0.5) is 19.3 Å². The Morgan fingerprint density at radius 2 is 1.83 bits per heavy atom. The second-order valence-electron chi connectivity index (χ2n) is 10.3.